The van der Waals surface area contributed by atoms with Crippen LogP contribution in [0.5, 0.6) is 0 Å². The maximum atomic E-state index is 12.7. The second-order valence-electron chi connectivity index (χ2n) is 7.05. The Morgan fingerprint density at radius 3 is 2.81 bits per heavy atom. The fourth-order valence-electron chi connectivity index (χ4n) is 3.46. The molecule has 2 bridgehead atoms. The average Bonchev–Trinajstić information content (AvgIpc) is 3.11. The predicted molar refractivity (Wildman–Crippen MR) is 105 cm³/mol. The van der Waals surface area contributed by atoms with E-state index in [0.717, 1.165) is 41.9 Å². The highest BCUT2D eigenvalue weighted by Crippen LogP contribution is 2.33. The third-order valence-electron chi connectivity index (χ3n) is 5.06. The van der Waals surface area contributed by atoms with Gasteiger partial charge in [-0.2, -0.15) is 5.10 Å². The van der Waals surface area contributed by atoms with Crippen LogP contribution < -0.4 is 11.1 Å². The van der Waals surface area contributed by atoms with Crippen LogP contribution >= 0.6 is 0 Å². The van der Waals surface area contributed by atoms with Crippen molar-refractivity contribution in [2.24, 2.45) is 11.7 Å². The highest BCUT2D eigenvalue weighted by molar-refractivity contribution is 5.96. The van der Waals surface area contributed by atoms with Crippen molar-refractivity contribution in [2.45, 2.75) is 32.2 Å². The largest absolute Gasteiger partial charge is 0.323 e. The molecule has 3 aromatic rings. The molecule has 3 N–H and O–H groups in total. The van der Waals surface area contributed by atoms with E-state index in [-0.39, 0.29) is 17.9 Å². The molecule has 0 saturated heterocycles. The van der Waals surface area contributed by atoms with E-state index >= 15 is 0 Å². The smallest absolute Gasteiger partial charge is 0.227 e. The van der Waals surface area contributed by atoms with Gasteiger partial charge in [0.1, 0.15) is 0 Å². The van der Waals surface area contributed by atoms with Gasteiger partial charge in [0.25, 0.3) is 0 Å². The summed E-state index contributed by atoms with van der Waals surface area (Å²) in [6.07, 6.45) is 5.96. The van der Waals surface area contributed by atoms with E-state index in [1.807, 2.05) is 54.1 Å². The van der Waals surface area contributed by atoms with Crippen LogP contribution in [0.3, 0.4) is 0 Å². The van der Waals surface area contributed by atoms with E-state index in [0.29, 0.717) is 5.69 Å². The van der Waals surface area contributed by atoms with Crippen molar-refractivity contribution in [3.05, 3.63) is 60.6 Å². The minimum absolute atomic E-state index is 0.00675. The lowest BCUT2D eigenvalue weighted by Crippen LogP contribution is -2.22. The van der Waals surface area contributed by atoms with Gasteiger partial charge in [-0.15, -0.1) is 0 Å². The Bertz CT molecular complexity index is 950. The number of hydrogen-bond donors (Lipinski definition) is 2. The summed E-state index contributed by atoms with van der Waals surface area (Å²) in [5.74, 6) is -0.0804. The van der Waals surface area contributed by atoms with E-state index in [4.69, 9.17) is 5.73 Å². The number of rotatable bonds is 1. The van der Waals surface area contributed by atoms with Gasteiger partial charge in [0.2, 0.25) is 5.91 Å². The molecule has 4 rings (SSSR count). The molecule has 2 aromatic heterocycles. The Labute approximate surface area is 158 Å². The van der Waals surface area contributed by atoms with Crippen LogP contribution in [0.15, 0.2) is 54.9 Å². The van der Waals surface area contributed by atoms with E-state index in [1.165, 1.54) is 0 Å². The number of hydrogen-bond acceptors (Lipinski definition) is 4. The van der Waals surface area contributed by atoms with Crippen LogP contribution in [0, 0.1) is 5.92 Å². The highest BCUT2D eigenvalue weighted by Gasteiger charge is 2.22. The summed E-state index contributed by atoms with van der Waals surface area (Å²) in [6.45, 7) is 1.95. The monoisotopic (exact) mass is 361 g/mol. The summed E-state index contributed by atoms with van der Waals surface area (Å²) in [5.41, 5.74) is 10.6. The summed E-state index contributed by atoms with van der Waals surface area (Å²) in [4.78, 5) is 17.1. The Kier molecular flexibility index (Phi) is 4.73. The summed E-state index contributed by atoms with van der Waals surface area (Å²) in [6, 6.07) is 13.7. The van der Waals surface area contributed by atoms with Gasteiger partial charge in [-0.05, 0) is 37.1 Å². The number of pyridine rings is 1. The number of fused-ring (bicyclic) bond motifs is 4. The number of amides is 1. The van der Waals surface area contributed by atoms with Gasteiger partial charge in [0.15, 0.2) is 0 Å². The summed E-state index contributed by atoms with van der Waals surface area (Å²) >= 11 is 0. The van der Waals surface area contributed by atoms with Gasteiger partial charge in [-0.25, -0.2) is 4.68 Å². The van der Waals surface area contributed by atoms with Crippen molar-refractivity contribution in [3.63, 3.8) is 0 Å². The molecule has 1 amide bonds. The molecule has 6 nitrogen and oxygen atoms in total. The molecule has 138 valence electrons. The Morgan fingerprint density at radius 2 is 2.00 bits per heavy atom. The van der Waals surface area contributed by atoms with Crippen molar-refractivity contribution in [3.8, 4) is 16.9 Å². The molecular formula is C21H23N5O. The van der Waals surface area contributed by atoms with Gasteiger partial charge in [-0.3, -0.25) is 9.78 Å². The van der Waals surface area contributed by atoms with Crippen LogP contribution in [-0.2, 0) is 4.79 Å². The summed E-state index contributed by atoms with van der Waals surface area (Å²) in [7, 11) is 0. The number of benzene rings is 1. The van der Waals surface area contributed by atoms with Crippen LogP contribution in [0.25, 0.3) is 16.9 Å². The standard InChI is InChI=1S/C21H23N5O/c1-14-6-5-9-17(22)18-12-15(10-11-23-18)20-19(25-21(14)27)13-24-26(20)16-7-3-2-4-8-16/h2-4,7-8,10-14,17H,5-6,9,22H2,1H3,(H,25,27)/t14-,17+/m1/s1. The highest BCUT2D eigenvalue weighted by atomic mass is 16.1. The third-order valence-corrected chi connectivity index (χ3v) is 5.06. The molecule has 1 aromatic carbocycles. The zero-order chi connectivity index (χ0) is 18.8. The maximum Gasteiger partial charge on any atom is 0.227 e. The molecule has 0 aliphatic carbocycles. The quantitative estimate of drug-likeness (QED) is 0.692. The number of carbonyl (C=O) groups is 1. The van der Waals surface area contributed by atoms with Crippen LogP contribution in [0.1, 0.15) is 37.9 Å². The average molecular weight is 361 g/mol. The SMILES string of the molecule is C[C@@H]1CCC[C@H](N)c2cc(ccn2)-c2c(cnn2-c2ccccc2)NC1=O. The minimum atomic E-state index is -0.142. The molecule has 27 heavy (non-hydrogen) atoms. The fourth-order valence-corrected chi connectivity index (χ4v) is 3.46. The van der Waals surface area contributed by atoms with Gasteiger partial charge in [0, 0.05) is 23.7 Å². The molecule has 1 aliphatic rings. The number of para-hydroxylation sites is 1. The lowest BCUT2D eigenvalue weighted by Gasteiger charge is -2.18. The molecular weight excluding hydrogens is 338 g/mol. The molecule has 2 atom stereocenters. The van der Waals surface area contributed by atoms with Crippen LogP contribution in [-0.4, -0.2) is 20.7 Å². The number of nitrogens with two attached hydrogens (primary N) is 1. The topological polar surface area (TPSA) is 85.8 Å². The van der Waals surface area contributed by atoms with Crippen molar-refractivity contribution in [2.75, 3.05) is 5.32 Å². The molecule has 3 heterocycles. The van der Waals surface area contributed by atoms with E-state index in [1.54, 1.807) is 12.4 Å². The molecule has 1 aliphatic heterocycles. The van der Waals surface area contributed by atoms with Gasteiger partial charge in [0.05, 0.1) is 29.0 Å². The first kappa shape index (κ1) is 17.4. The number of carbonyl (C=O) groups excluding carboxylic acids is 1. The number of aromatic nitrogens is 3. The second kappa shape index (κ2) is 7.32. The predicted octanol–water partition coefficient (Wildman–Crippen LogP) is 3.69. The normalized spacial score (nSPS) is 20.1. The van der Waals surface area contributed by atoms with Gasteiger partial charge < -0.3 is 11.1 Å². The van der Waals surface area contributed by atoms with Crippen molar-refractivity contribution in [1.29, 1.82) is 0 Å². The molecule has 0 spiro atoms. The van der Waals surface area contributed by atoms with E-state index < -0.39 is 0 Å². The first-order valence-electron chi connectivity index (χ1n) is 9.29. The van der Waals surface area contributed by atoms with Crippen molar-refractivity contribution in [1.82, 2.24) is 14.8 Å². The van der Waals surface area contributed by atoms with Gasteiger partial charge in [-0.1, -0.05) is 31.5 Å². The summed E-state index contributed by atoms with van der Waals surface area (Å²) < 4.78 is 1.84. The molecule has 0 radical (unpaired) electrons. The van der Waals surface area contributed by atoms with Crippen molar-refractivity contribution < 1.29 is 4.79 Å². The van der Waals surface area contributed by atoms with Crippen molar-refractivity contribution >= 4 is 11.6 Å². The molecule has 0 saturated carbocycles. The molecule has 0 unspecified atom stereocenters. The minimum Gasteiger partial charge on any atom is -0.323 e. The zero-order valence-corrected chi connectivity index (χ0v) is 15.3. The Hall–Kier alpha value is -2.99. The summed E-state index contributed by atoms with van der Waals surface area (Å²) in [5, 5.41) is 7.61. The van der Waals surface area contributed by atoms with Crippen LogP contribution in [0.4, 0.5) is 5.69 Å². The second-order valence-corrected chi connectivity index (χ2v) is 7.05. The number of nitrogens with zero attached hydrogens (tertiary/aromatic N) is 3. The Morgan fingerprint density at radius 1 is 1.19 bits per heavy atom. The maximum absolute atomic E-state index is 12.7. The number of nitrogens with one attached hydrogen (secondary N) is 1. The Balaban J connectivity index is 1.89. The first-order chi connectivity index (χ1) is 13.1. The molecule has 0 fully saturated rings. The molecule has 6 heteroatoms. The van der Waals surface area contributed by atoms with Crippen LogP contribution in [0.2, 0.25) is 0 Å². The van der Waals surface area contributed by atoms with E-state index in [2.05, 4.69) is 15.4 Å². The van der Waals surface area contributed by atoms with E-state index in [9.17, 15) is 4.79 Å². The number of anilines is 1. The zero-order valence-electron chi connectivity index (χ0n) is 15.3. The lowest BCUT2D eigenvalue weighted by atomic mass is 9.97. The van der Waals surface area contributed by atoms with Gasteiger partial charge >= 0.3 is 0 Å². The third kappa shape index (κ3) is 3.48. The lowest BCUT2D eigenvalue weighted by molar-refractivity contribution is -0.119. The first-order valence-corrected chi connectivity index (χ1v) is 9.29. The fraction of sp³-hybridized carbons (Fsp3) is 0.286.